The molecular formula is C22H29N3O3. The molecule has 2 N–H and O–H groups in total. The predicted octanol–water partition coefficient (Wildman–Crippen LogP) is 3.20. The first-order valence-corrected chi connectivity index (χ1v) is 9.93. The van der Waals surface area contributed by atoms with E-state index in [0.717, 1.165) is 32.5 Å². The Morgan fingerprint density at radius 3 is 2.50 bits per heavy atom. The van der Waals surface area contributed by atoms with E-state index in [2.05, 4.69) is 39.5 Å². The van der Waals surface area contributed by atoms with Gasteiger partial charge in [-0.2, -0.15) is 0 Å². The summed E-state index contributed by atoms with van der Waals surface area (Å²) in [5, 5.41) is 3.12. The summed E-state index contributed by atoms with van der Waals surface area (Å²) in [5.74, 6) is -0.542. The first kappa shape index (κ1) is 20.1. The van der Waals surface area contributed by atoms with E-state index < -0.39 is 0 Å². The third-order valence-corrected chi connectivity index (χ3v) is 5.32. The van der Waals surface area contributed by atoms with E-state index in [4.69, 9.17) is 4.74 Å². The first-order chi connectivity index (χ1) is 13.5. The van der Waals surface area contributed by atoms with E-state index >= 15 is 0 Å². The van der Waals surface area contributed by atoms with Crippen LogP contribution in [0.1, 0.15) is 57.4 Å². The monoisotopic (exact) mass is 383 g/mol. The van der Waals surface area contributed by atoms with Crippen LogP contribution in [0.25, 0.3) is 0 Å². The van der Waals surface area contributed by atoms with Gasteiger partial charge in [0.05, 0.1) is 12.2 Å². The number of aromatic nitrogens is 1. The molecule has 3 rings (SSSR count). The van der Waals surface area contributed by atoms with Gasteiger partial charge in [0, 0.05) is 31.4 Å². The van der Waals surface area contributed by atoms with Gasteiger partial charge in [-0.15, -0.1) is 0 Å². The number of aromatic amines is 1. The lowest BCUT2D eigenvalue weighted by Gasteiger charge is -2.32. The van der Waals surface area contributed by atoms with Crippen molar-refractivity contribution in [3.05, 3.63) is 58.4 Å². The molecule has 2 aromatic rings. The average molecular weight is 383 g/mol. The van der Waals surface area contributed by atoms with Crippen LogP contribution in [-0.2, 0) is 11.3 Å². The lowest BCUT2D eigenvalue weighted by molar-refractivity contribution is 0.0525. The summed E-state index contributed by atoms with van der Waals surface area (Å²) >= 11 is 0. The van der Waals surface area contributed by atoms with E-state index in [9.17, 15) is 9.59 Å². The number of carbonyl (C=O) groups is 2. The summed E-state index contributed by atoms with van der Waals surface area (Å²) in [4.78, 5) is 30.3. The maximum Gasteiger partial charge on any atom is 0.340 e. The number of benzene rings is 1. The van der Waals surface area contributed by atoms with Crippen LogP contribution >= 0.6 is 0 Å². The molecule has 1 fully saturated rings. The fourth-order valence-corrected chi connectivity index (χ4v) is 3.82. The van der Waals surface area contributed by atoms with E-state index in [1.807, 2.05) is 6.07 Å². The number of nitrogens with zero attached hydrogens (tertiary/aromatic N) is 1. The van der Waals surface area contributed by atoms with Crippen molar-refractivity contribution in [1.29, 1.82) is 0 Å². The van der Waals surface area contributed by atoms with Crippen LogP contribution in [-0.4, -0.2) is 47.5 Å². The molecule has 1 saturated heterocycles. The van der Waals surface area contributed by atoms with Gasteiger partial charge in [-0.05, 0) is 44.7 Å². The summed E-state index contributed by atoms with van der Waals surface area (Å²) in [7, 11) is 0. The normalized spacial score (nSPS) is 15.4. The summed E-state index contributed by atoms with van der Waals surface area (Å²) in [6.07, 6.45) is 1.84. The van der Waals surface area contributed by atoms with E-state index in [1.165, 1.54) is 5.56 Å². The molecule has 6 nitrogen and oxygen atoms in total. The highest BCUT2D eigenvalue weighted by Gasteiger charge is 2.26. The topological polar surface area (TPSA) is 74.4 Å². The smallest absolute Gasteiger partial charge is 0.340 e. The molecule has 0 atom stereocenters. The highest BCUT2D eigenvalue weighted by atomic mass is 16.5. The zero-order valence-corrected chi connectivity index (χ0v) is 16.9. The Labute approximate surface area is 166 Å². The third kappa shape index (κ3) is 4.62. The summed E-state index contributed by atoms with van der Waals surface area (Å²) < 4.78 is 5.10. The Morgan fingerprint density at radius 2 is 1.86 bits per heavy atom. The Hall–Kier alpha value is -2.60. The zero-order chi connectivity index (χ0) is 20.1. The van der Waals surface area contributed by atoms with Crippen LogP contribution < -0.4 is 5.32 Å². The molecule has 0 unspecified atom stereocenters. The van der Waals surface area contributed by atoms with Crippen LogP contribution in [0.5, 0.6) is 0 Å². The number of carbonyl (C=O) groups excluding carboxylic acids is 2. The number of amides is 1. The maximum absolute atomic E-state index is 12.7. The van der Waals surface area contributed by atoms with Crippen molar-refractivity contribution in [1.82, 2.24) is 15.2 Å². The van der Waals surface area contributed by atoms with Gasteiger partial charge in [-0.1, -0.05) is 30.3 Å². The molecule has 1 aliphatic rings. The number of rotatable bonds is 6. The molecule has 2 heterocycles. The number of nitrogens with one attached hydrogen (secondary N) is 2. The number of hydrogen-bond acceptors (Lipinski definition) is 4. The van der Waals surface area contributed by atoms with Crippen molar-refractivity contribution in [3.8, 4) is 0 Å². The highest BCUT2D eigenvalue weighted by Crippen LogP contribution is 2.20. The lowest BCUT2D eigenvalue weighted by Crippen LogP contribution is -2.44. The molecule has 1 aromatic carbocycles. The van der Waals surface area contributed by atoms with Gasteiger partial charge in [0.15, 0.2) is 0 Å². The molecule has 0 saturated carbocycles. The van der Waals surface area contributed by atoms with Crippen LogP contribution in [0.2, 0.25) is 0 Å². The Balaban J connectivity index is 1.56. The number of ether oxygens (including phenoxy) is 1. The number of esters is 1. The van der Waals surface area contributed by atoms with Crippen molar-refractivity contribution in [2.24, 2.45) is 0 Å². The first-order valence-electron chi connectivity index (χ1n) is 9.93. The SMILES string of the molecule is CCOC(=O)c1c(C)[nH]c(C(=O)NC2CCN(Cc3ccccc3)CC2)c1C. The van der Waals surface area contributed by atoms with Gasteiger partial charge in [0.1, 0.15) is 5.69 Å². The maximum atomic E-state index is 12.7. The largest absolute Gasteiger partial charge is 0.462 e. The van der Waals surface area contributed by atoms with Crippen molar-refractivity contribution in [2.75, 3.05) is 19.7 Å². The molecule has 6 heteroatoms. The molecule has 1 aromatic heterocycles. The van der Waals surface area contributed by atoms with E-state index in [1.54, 1.807) is 20.8 Å². The van der Waals surface area contributed by atoms with E-state index in [0.29, 0.717) is 29.1 Å². The Morgan fingerprint density at radius 1 is 1.18 bits per heavy atom. The van der Waals surface area contributed by atoms with Crippen LogP contribution in [0.4, 0.5) is 0 Å². The molecule has 0 radical (unpaired) electrons. The fraction of sp³-hybridized carbons (Fsp3) is 0.455. The van der Waals surface area contributed by atoms with Gasteiger partial charge in [0.25, 0.3) is 5.91 Å². The number of H-pyrrole nitrogens is 1. The number of piperidine rings is 1. The van der Waals surface area contributed by atoms with Crippen molar-refractivity contribution in [3.63, 3.8) is 0 Å². The van der Waals surface area contributed by atoms with Crippen LogP contribution in [0, 0.1) is 13.8 Å². The predicted molar refractivity (Wildman–Crippen MR) is 108 cm³/mol. The van der Waals surface area contributed by atoms with Crippen molar-refractivity contribution >= 4 is 11.9 Å². The third-order valence-electron chi connectivity index (χ3n) is 5.32. The summed E-state index contributed by atoms with van der Waals surface area (Å²) in [6.45, 7) is 8.51. The second-order valence-corrected chi connectivity index (χ2v) is 7.35. The minimum absolute atomic E-state index is 0.147. The average Bonchev–Trinajstić information content (AvgIpc) is 2.99. The van der Waals surface area contributed by atoms with Crippen molar-refractivity contribution < 1.29 is 14.3 Å². The van der Waals surface area contributed by atoms with Gasteiger partial charge < -0.3 is 15.0 Å². The highest BCUT2D eigenvalue weighted by molar-refractivity contribution is 6.00. The Bertz CT molecular complexity index is 821. The zero-order valence-electron chi connectivity index (χ0n) is 16.9. The molecular weight excluding hydrogens is 354 g/mol. The standard InChI is InChI=1S/C22H29N3O3/c1-4-28-22(27)19-15(2)20(23-16(19)3)21(26)24-18-10-12-25(13-11-18)14-17-8-6-5-7-9-17/h5-9,18,23H,4,10-14H2,1-3H3,(H,24,26). The summed E-state index contributed by atoms with van der Waals surface area (Å²) in [5.41, 5.74) is 3.54. The fourth-order valence-electron chi connectivity index (χ4n) is 3.82. The molecule has 1 amide bonds. The van der Waals surface area contributed by atoms with Crippen molar-refractivity contribution in [2.45, 2.75) is 46.2 Å². The number of hydrogen-bond donors (Lipinski definition) is 2. The number of aryl methyl sites for hydroxylation is 1. The van der Waals surface area contributed by atoms with Gasteiger partial charge in [0.2, 0.25) is 0 Å². The van der Waals surface area contributed by atoms with Gasteiger partial charge in [-0.25, -0.2) is 4.79 Å². The van der Waals surface area contributed by atoms with Gasteiger partial charge >= 0.3 is 5.97 Å². The van der Waals surface area contributed by atoms with Gasteiger partial charge in [-0.3, -0.25) is 9.69 Å². The second kappa shape index (κ2) is 9.06. The summed E-state index contributed by atoms with van der Waals surface area (Å²) in [6, 6.07) is 10.6. The molecule has 28 heavy (non-hydrogen) atoms. The molecule has 0 aliphatic carbocycles. The van der Waals surface area contributed by atoms with Crippen LogP contribution in [0.3, 0.4) is 0 Å². The minimum Gasteiger partial charge on any atom is -0.462 e. The van der Waals surface area contributed by atoms with E-state index in [-0.39, 0.29) is 17.9 Å². The van der Waals surface area contributed by atoms with Crippen LogP contribution in [0.15, 0.2) is 30.3 Å². The molecule has 0 bridgehead atoms. The Kier molecular flexibility index (Phi) is 6.52. The minimum atomic E-state index is -0.387. The second-order valence-electron chi connectivity index (χ2n) is 7.35. The quantitative estimate of drug-likeness (QED) is 0.751. The number of likely N-dealkylation sites (tertiary alicyclic amines) is 1. The molecule has 1 aliphatic heterocycles. The lowest BCUT2D eigenvalue weighted by atomic mass is 10.0. The molecule has 150 valence electrons. The molecule has 0 spiro atoms.